The lowest BCUT2D eigenvalue weighted by Gasteiger charge is -2.12. The van der Waals surface area contributed by atoms with Gasteiger partial charge in [0.05, 0.1) is 11.0 Å². The van der Waals surface area contributed by atoms with E-state index in [-0.39, 0.29) is 27.3 Å². The average molecular weight is 420 g/mol. The minimum absolute atomic E-state index is 0.0761. The number of halogens is 3. The lowest BCUT2D eigenvalue weighted by molar-refractivity contribution is -0.143. The fourth-order valence-corrected chi connectivity index (χ4v) is 3.76. The predicted octanol–water partition coefficient (Wildman–Crippen LogP) is 3.72. The third-order valence-corrected chi connectivity index (χ3v) is 5.20. The molecule has 0 atom stereocenters. The van der Waals surface area contributed by atoms with Crippen molar-refractivity contribution >= 4 is 10.0 Å². The number of aromatic nitrogens is 2. The first kappa shape index (κ1) is 20.6. The third-order valence-electron chi connectivity index (χ3n) is 4.23. The number of primary sulfonamides is 1. The van der Waals surface area contributed by atoms with Gasteiger partial charge in [-0.3, -0.25) is 0 Å². The highest BCUT2D eigenvalue weighted by Gasteiger charge is 2.41. The lowest BCUT2D eigenvalue weighted by Crippen LogP contribution is -2.15. The Hall–Kier alpha value is -3.16. The van der Waals surface area contributed by atoms with Crippen molar-refractivity contribution in [2.75, 3.05) is 0 Å². The second kappa shape index (κ2) is 7.35. The van der Waals surface area contributed by atoms with E-state index in [4.69, 9.17) is 10.4 Å². The topological polar surface area (TPSA) is 102 Å². The Morgan fingerprint density at radius 1 is 1.14 bits per heavy atom. The van der Waals surface area contributed by atoms with Crippen LogP contribution in [0.3, 0.4) is 0 Å². The van der Waals surface area contributed by atoms with Gasteiger partial charge in [0, 0.05) is 11.1 Å². The molecule has 0 unspecified atom stereocenters. The highest BCUT2D eigenvalue weighted by molar-refractivity contribution is 7.89. The molecule has 0 fully saturated rings. The quantitative estimate of drug-likeness (QED) is 0.695. The van der Waals surface area contributed by atoms with Crippen molar-refractivity contribution in [1.82, 2.24) is 9.78 Å². The smallest absolute Gasteiger partial charge is 0.245 e. The number of hydrogen-bond donors (Lipinski definition) is 1. The first-order valence-electron chi connectivity index (χ1n) is 8.28. The lowest BCUT2D eigenvalue weighted by atomic mass is 9.97. The number of nitrogens with two attached hydrogens (primary N) is 1. The van der Waals surface area contributed by atoms with Crippen LogP contribution in [0.15, 0.2) is 53.4 Å². The fraction of sp³-hybridized carbons (Fsp3) is 0.158. The van der Waals surface area contributed by atoms with Gasteiger partial charge >= 0.3 is 6.18 Å². The maximum absolute atomic E-state index is 13.9. The molecule has 6 nitrogen and oxygen atoms in total. The molecule has 0 aliphatic carbocycles. The maximum atomic E-state index is 13.9. The van der Waals surface area contributed by atoms with E-state index >= 15 is 0 Å². The van der Waals surface area contributed by atoms with Gasteiger partial charge in [-0.15, -0.1) is 0 Å². The summed E-state index contributed by atoms with van der Waals surface area (Å²) in [6.45, 7) is 1.12. The molecule has 0 amide bonds. The predicted molar refractivity (Wildman–Crippen MR) is 99.8 cm³/mol. The Morgan fingerprint density at radius 3 is 2.31 bits per heavy atom. The molecule has 150 valence electrons. The van der Waals surface area contributed by atoms with Crippen LogP contribution in [-0.4, -0.2) is 18.2 Å². The molecule has 2 N–H and O–H groups in total. The zero-order valence-electron chi connectivity index (χ0n) is 15.1. The molecular weight excluding hydrogens is 405 g/mol. The summed E-state index contributed by atoms with van der Waals surface area (Å²) >= 11 is 0. The first-order valence-corrected chi connectivity index (χ1v) is 9.83. The van der Waals surface area contributed by atoms with Crippen LogP contribution in [0, 0.1) is 18.3 Å². The number of rotatable bonds is 4. The number of nitrogens with zero attached hydrogens (tertiary/aromatic N) is 3. The van der Waals surface area contributed by atoms with Gasteiger partial charge in [0.25, 0.3) is 0 Å². The van der Waals surface area contributed by atoms with Crippen LogP contribution >= 0.6 is 0 Å². The molecule has 0 spiro atoms. The monoisotopic (exact) mass is 420 g/mol. The van der Waals surface area contributed by atoms with E-state index in [1.165, 1.54) is 36.4 Å². The summed E-state index contributed by atoms with van der Waals surface area (Å²) in [5.41, 5.74) is -0.732. The molecular formula is C19H15F3N4O2S. The van der Waals surface area contributed by atoms with Gasteiger partial charge in [-0.1, -0.05) is 48.0 Å². The zero-order chi connectivity index (χ0) is 21.4. The highest BCUT2D eigenvalue weighted by atomic mass is 32.2. The minimum atomic E-state index is -4.83. The van der Waals surface area contributed by atoms with Crippen molar-refractivity contribution < 1.29 is 21.6 Å². The molecule has 0 aliphatic rings. The molecule has 1 heterocycles. The van der Waals surface area contributed by atoms with E-state index < -0.39 is 28.4 Å². The number of sulfonamides is 1. The van der Waals surface area contributed by atoms with Crippen LogP contribution in [0.5, 0.6) is 0 Å². The van der Waals surface area contributed by atoms with Crippen molar-refractivity contribution in [1.29, 1.82) is 5.26 Å². The minimum Gasteiger partial charge on any atom is -0.245 e. The molecule has 3 aromatic rings. The van der Waals surface area contributed by atoms with Gasteiger partial charge < -0.3 is 0 Å². The van der Waals surface area contributed by atoms with Crippen LogP contribution in [0.2, 0.25) is 0 Å². The largest absolute Gasteiger partial charge is 0.433 e. The summed E-state index contributed by atoms with van der Waals surface area (Å²) in [5, 5.41) is 18.2. The second-order valence-corrected chi connectivity index (χ2v) is 7.82. The van der Waals surface area contributed by atoms with Gasteiger partial charge in [-0.25, -0.2) is 18.2 Å². The molecule has 0 aliphatic heterocycles. The molecule has 29 heavy (non-hydrogen) atoms. The summed E-state index contributed by atoms with van der Waals surface area (Å²) in [6.07, 6.45) is -4.83. The molecule has 10 heteroatoms. The van der Waals surface area contributed by atoms with E-state index in [9.17, 15) is 21.6 Å². The van der Waals surface area contributed by atoms with E-state index in [0.717, 1.165) is 5.56 Å². The van der Waals surface area contributed by atoms with Crippen molar-refractivity contribution in [2.24, 2.45) is 5.14 Å². The number of alkyl halides is 3. The van der Waals surface area contributed by atoms with Crippen LogP contribution < -0.4 is 5.14 Å². The van der Waals surface area contributed by atoms with E-state index in [1.54, 1.807) is 25.1 Å². The average Bonchev–Trinajstić information content (AvgIpc) is 3.01. The summed E-state index contributed by atoms with van der Waals surface area (Å²) in [6, 6.07) is 13.3. The number of benzene rings is 2. The van der Waals surface area contributed by atoms with Crippen LogP contribution in [-0.2, 0) is 22.7 Å². The normalized spacial score (nSPS) is 12.0. The Kier molecular flexibility index (Phi) is 5.21. The van der Waals surface area contributed by atoms with Gasteiger partial charge in [0.1, 0.15) is 12.2 Å². The molecule has 3 rings (SSSR count). The van der Waals surface area contributed by atoms with Gasteiger partial charge in [-0.05, 0) is 18.6 Å². The first-order chi connectivity index (χ1) is 13.5. The van der Waals surface area contributed by atoms with E-state index in [2.05, 4.69) is 5.10 Å². The van der Waals surface area contributed by atoms with Crippen molar-refractivity contribution in [3.05, 3.63) is 59.8 Å². The second-order valence-electron chi connectivity index (χ2n) is 6.29. The summed E-state index contributed by atoms with van der Waals surface area (Å²) in [7, 11) is -4.23. The molecule has 0 bridgehead atoms. The molecule has 0 saturated heterocycles. The number of nitriles is 1. The third kappa shape index (κ3) is 4.01. The zero-order valence-corrected chi connectivity index (χ0v) is 15.9. The van der Waals surface area contributed by atoms with Gasteiger partial charge in [-0.2, -0.15) is 23.5 Å². The van der Waals surface area contributed by atoms with E-state index in [1.807, 2.05) is 0 Å². The standard InChI is InChI=1S/C19H15F3N4O2S/c1-12-6-8-13(9-7-12)16-17(14-4-2-3-5-15(14)29(24,27)28)25-26(11-10-23)18(16)19(20,21)22/h2-9H,11H2,1H3,(H2,24,27,28). The molecule has 2 aromatic carbocycles. The number of aryl methyl sites for hydroxylation is 1. The summed E-state index contributed by atoms with van der Waals surface area (Å²) in [5.74, 6) is 0. The van der Waals surface area contributed by atoms with Crippen LogP contribution in [0.1, 0.15) is 11.3 Å². The summed E-state index contributed by atoms with van der Waals surface area (Å²) in [4.78, 5) is -0.358. The maximum Gasteiger partial charge on any atom is 0.433 e. The Bertz CT molecular complexity index is 1210. The van der Waals surface area contributed by atoms with Crippen LogP contribution in [0.25, 0.3) is 22.4 Å². The Morgan fingerprint density at radius 2 is 1.76 bits per heavy atom. The van der Waals surface area contributed by atoms with Crippen molar-refractivity contribution in [3.63, 3.8) is 0 Å². The molecule has 0 radical (unpaired) electrons. The van der Waals surface area contributed by atoms with Crippen molar-refractivity contribution in [3.8, 4) is 28.5 Å². The van der Waals surface area contributed by atoms with E-state index in [0.29, 0.717) is 4.68 Å². The molecule has 1 aromatic heterocycles. The SMILES string of the molecule is Cc1ccc(-c2c(-c3ccccc3S(N)(=O)=O)nn(CC#N)c2C(F)(F)F)cc1. The van der Waals surface area contributed by atoms with Gasteiger partial charge in [0.15, 0.2) is 5.69 Å². The number of hydrogen-bond acceptors (Lipinski definition) is 4. The Balaban J connectivity index is 2.46. The molecule has 0 saturated carbocycles. The Labute approximate surface area is 165 Å². The fourth-order valence-electron chi connectivity index (χ4n) is 3.02. The summed E-state index contributed by atoms with van der Waals surface area (Å²) < 4.78 is 66.4. The van der Waals surface area contributed by atoms with Crippen molar-refractivity contribution in [2.45, 2.75) is 24.5 Å². The highest BCUT2D eigenvalue weighted by Crippen LogP contribution is 2.43. The van der Waals surface area contributed by atoms with Crippen LogP contribution in [0.4, 0.5) is 13.2 Å². The van der Waals surface area contributed by atoms with Gasteiger partial charge in [0.2, 0.25) is 10.0 Å².